The first-order valence-corrected chi connectivity index (χ1v) is 7.43. The van der Waals surface area contributed by atoms with Crippen LogP contribution < -0.4 is 5.73 Å². The van der Waals surface area contributed by atoms with Crippen molar-refractivity contribution in [1.82, 2.24) is 4.90 Å². The molecule has 20 heavy (non-hydrogen) atoms. The summed E-state index contributed by atoms with van der Waals surface area (Å²) in [6.45, 7) is 6.55. The number of unbranched alkanes of at least 4 members (excludes halogenated alkanes) is 1. The van der Waals surface area contributed by atoms with E-state index in [4.69, 9.17) is 10.8 Å². The molecule has 3 nitrogen and oxygen atoms in total. The Morgan fingerprint density at radius 2 is 2.05 bits per heavy atom. The number of hydrogen-bond donors (Lipinski definition) is 2. The molecule has 0 heterocycles. The first-order chi connectivity index (χ1) is 9.58. The summed E-state index contributed by atoms with van der Waals surface area (Å²) in [6.07, 6.45) is 3.03. The Hall–Kier alpha value is -0.970. The minimum absolute atomic E-state index is 0.159. The molecule has 0 spiro atoms. The van der Waals surface area contributed by atoms with Crippen LogP contribution in [0.3, 0.4) is 0 Å². The molecule has 0 radical (unpaired) electrons. The summed E-state index contributed by atoms with van der Waals surface area (Å²) in [5.74, 6) is -0.198. The largest absolute Gasteiger partial charge is 0.395 e. The van der Waals surface area contributed by atoms with Crippen molar-refractivity contribution in [2.45, 2.75) is 39.2 Å². The highest BCUT2D eigenvalue weighted by molar-refractivity contribution is 5.25. The van der Waals surface area contributed by atoms with E-state index in [2.05, 4.69) is 11.8 Å². The molecule has 0 aliphatic carbocycles. The van der Waals surface area contributed by atoms with E-state index in [9.17, 15) is 4.39 Å². The fourth-order valence-electron chi connectivity index (χ4n) is 2.19. The van der Waals surface area contributed by atoms with Crippen molar-refractivity contribution in [2.24, 2.45) is 5.73 Å². The average Bonchev–Trinajstić information content (AvgIpc) is 2.44. The third kappa shape index (κ3) is 5.57. The van der Waals surface area contributed by atoms with E-state index in [0.717, 1.165) is 37.9 Å². The molecular weight excluding hydrogens is 255 g/mol. The number of halogens is 1. The average molecular weight is 282 g/mol. The maximum absolute atomic E-state index is 13.5. The molecule has 0 bridgehead atoms. The van der Waals surface area contributed by atoms with Gasteiger partial charge in [-0.2, -0.15) is 0 Å². The van der Waals surface area contributed by atoms with Gasteiger partial charge in [0.15, 0.2) is 0 Å². The maximum Gasteiger partial charge on any atom is 0.126 e. The first kappa shape index (κ1) is 17.1. The molecule has 0 saturated carbocycles. The molecule has 0 saturated heterocycles. The molecule has 4 heteroatoms. The highest BCUT2D eigenvalue weighted by Gasteiger charge is 2.11. The van der Waals surface area contributed by atoms with Crippen LogP contribution in [0, 0.1) is 12.7 Å². The van der Waals surface area contributed by atoms with Crippen LogP contribution in [-0.2, 0) is 0 Å². The lowest BCUT2D eigenvalue weighted by Gasteiger charge is -2.23. The minimum atomic E-state index is -0.198. The maximum atomic E-state index is 13.5. The number of aliphatic hydroxyl groups is 1. The highest BCUT2D eigenvalue weighted by Crippen LogP contribution is 2.18. The van der Waals surface area contributed by atoms with Crippen LogP contribution in [0.15, 0.2) is 18.2 Å². The molecule has 0 amide bonds. The molecule has 3 N–H and O–H groups in total. The number of aryl methyl sites for hydroxylation is 1. The minimum Gasteiger partial charge on any atom is -0.395 e. The van der Waals surface area contributed by atoms with E-state index in [1.54, 1.807) is 13.0 Å². The molecule has 0 aliphatic heterocycles. The van der Waals surface area contributed by atoms with Gasteiger partial charge in [-0.1, -0.05) is 25.5 Å². The van der Waals surface area contributed by atoms with Gasteiger partial charge in [-0.25, -0.2) is 4.39 Å². The summed E-state index contributed by atoms with van der Waals surface area (Å²) in [5.41, 5.74) is 7.62. The summed E-state index contributed by atoms with van der Waals surface area (Å²) in [6, 6.07) is 5.04. The zero-order valence-corrected chi connectivity index (χ0v) is 12.6. The first-order valence-electron chi connectivity index (χ1n) is 7.43. The van der Waals surface area contributed by atoms with Crippen LogP contribution in [0.4, 0.5) is 4.39 Å². The Bertz CT molecular complexity index is 398. The van der Waals surface area contributed by atoms with Crippen LogP contribution in [0.1, 0.15) is 43.4 Å². The fraction of sp³-hybridized carbons (Fsp3) is 0.625. The molecule has 1 atom stereocenters. The monoisotopic (exact) mass is 282 g/mol. The van der Waals surface area contributed by atoms with Gasteiger partial charge in [0, 0.05) is 19.1 Å². The Balaban J connectivity index is 2.50. The zero-order chi connectivity index (χ0) is 15.0. The quantitative estimate of drug-likeness (QED) is 0.732. The van der Waals surface area contributed by atoms with Gasteiger partial charge in [-0.05, 0) is 43.5 Å². The van der Waals surface area contributed by atoms with E-state index in [1.165, 1.54) is 6.07 Å². The SMILES string of the molecule is CCCCN(CCO)CCC(N)c1ccc(C)c(F)c1. The molecule has 1 rings (SSSR count). The summed E-state index contributed by atoms with van der Waals surface area (Å²) in [7, 11) is 0. The van der Waals surface area contributed by atoms with Crippen molar-refractivity contribution >= 4 is 0 Å². The third-order valence-electron chi connectivity index (χ3n) is 3.62. The predicted molar refractivity (Wildman–Crippen MR) is 81.1 cm³/mol. The molecule has 1 aromatic rings. The smallest absolute Gasteiger partial charge is 0.126 e. The normalized spacial score (nSPS) is 12.9. The van der Waals surface area contributed by atoms with Crippen LogP contribution >= 0.6 is 0 Å². The third-order valence-corrected chi connectivity index (χ3v) is 3.62. The van der Waals surface area contributed by atoms with Gasteiger partial charge in [0.25, 0.3) is 0 Å². The van der Waals surface area contributed by atoms with Gasteiger partial charge < -0.3 is 15.7 Å². The molecule has 1 unspecified atom stereocenters. The van der Waals surface area contributed by atoms with Crippen molar-refractivity contribution in [1.29, 1.82) is 0 Å². The number of benzene rings is 1. The van der Waals surface area contributed by atoms with Crippen LogP contribution in [0.5, 0.6) is 0 Å². The van der Waals surface area contributed by atoms with E-state index >= 15 is 0 Å². The number of aliphatic hydroxyl groups excluding tert-OH is 1. The van der Waals surface area contributed by atoms with Gasteiger partial charge >= 0.3 is 0 Å². The lowest BCUT2D eigenvalue weighted by Crippen LogP contribution is -2.31. The Morgan fingerprint density at radius 1 is 1.30 bits per heavy atom. The fourth-order valence-corrected chi connectivity index (χ4v) is 2.19. The number of hydrogen-bond acceptors (Lipinski definition) is 3. The lowest BCUT2D eigenvalue weighted by molar-refractivity contribution is 0.189. The van der Waals surface area contributed by atoms with Crippen molar-refractivity contribution in [3.05, 3.63) is 35.1 Å². The number of nitrogens with zero attached hydrogens (tertiary/aromatic N) is 1. The van der Waals surface area contributed by atoms with Gasteiger partial charge in [-0.15, -0.1) is 0 Å². The second kappa shape index (κ2) is 9.06. The van der Waals surface area contributed by atoms with E-state index in [0.29, 0.717) is 12.1 Å². The number of nitrogens with two attached hydrogens (primary N) is 1. The molecule has 0 aliphatic rings. The second-order valence-corrected chi connectivity index (χ2v) is 5.32. The van der Waals surface area contributed by atoms with Crippen molar-refractivity contribution in [2.75, 3.05) is 26.2 Å². The highest BCUT2D eigenvalue weighted by atomic mass is 19.1. The Kier molecular flexibility index (Phi) is 7.73. The van der Waals surface area contributed by atoms with Crippen molar-refractivity contribution in [3.63, 3.8) is 0 Å². The van der Waals surface area contributed by atoms with Gasteiger partial charge in [0.2, 0.25) is 0 Å². The number of rotatable bonds is 9. The molecule has 0 aromatic heterocycles. The van der Waals surface area contributed by atoms with Crippen molar-refractivity contribution in [3.8, 4) is 0 Å². The zero-order valence-electron chi connectivity index (χ0n) is 12.6. The van der Waals surface area contributed by atoms with Gasteiger partial charge in [0.1, 0.15) is 5.82 Å². The summed E-state index contributed by atoms with van der Waals surface area (Å²) in [5, 5.41) is 9.06. The lowest BCUT2D eigenvalue weighted by atomic mass is 10.0. The van der Waals surface area contributed by atoms with E-state index in [-0.39, 0.29) is 18.5 Å². The standard InChI is InChI=1S/C16H27FN2O/c1-3-4-8-19(10-11-20)9-7-16(18)14-6-5-13(2)15(17)12-14/h5-6,12,16,20H,3-4,7-11,18H2,1-2H3. The van der Waals surface area contributed by atoms with E-state index < -0.39 is 0 Å². The van der Waals surface area contributed by atoms with Crippen LogP contribution in [-0.4, -0.2) is 36.2 Å². The summed E-state index contributed by atoms with van der Waals surface area (Å²) in [4.78, 5) is 2.22. The topological polar surface area (TPSA) is 49.5 Å². The van der Waals surface area contributed by atoms with Crippen molar-refractivity contribution < 1.29 is 9.50 Å². The second-order valence-electron chi connectivity index (χ2n) is 5.32. The predicted octanol–water partition coefficient (Wildman–Crippen LogP) is 2.62. The summed E-state index contributed by atoms with van der Waals surface area (Å²) < 4.78 is 13.5. The van der Waals surface area contributed by atoms with Crippen LogP contribution in [0.25, 0.3) is 0 Å². The molecule has 0 fully saturated rings. The van der Waals surface area contributed by atoms with E-state index in [1.807, 2.05) is 6.07 Å². The molecule has 1 aromatic carbocycles. The Morgan fingerprint density at radius 3 is 2.65 bits per heavy atom. The van der Waals surface area contributed by atoms with Gasteiger partial charge in [0.05, 0.1) is 6.61 Å². The Labute approximate surface area is 121 Å². The summed E-state index contributed by atoms with van der Waals surface area (Å²) >= 11 is 0. The molecule has 114 valence electrons. The molecular formula is C16H27FN2O. The van der Waals surface area contributed by atoms with Crippen LogP contribution in [0.2, 0.25) is 0 Å². The van der Waals surface area contributed by atoms with Gasteiger partial charge in [-0.3, -0.25) is 0 Å².